The molecular formula is C4H6N2O3. The van der Waals surface area contributed by atoms with Gasteiger partial charge in [-0.05, 0) is 0 Å². The van der Waals surface area contributed by atoms with Crippen molar-refractivity contribution in [1.29, 1.82) is 0 Å². The van der Waals surface area contributed by atoms with E-state index in [9.17, 15) is 0 Å². The predicted molar refractivity (Wildman–Crippen MR) is 29.4 cm³/mol. The zero-order chi connectivity index (χ0) is 7.02. The van der Waals surface area contributed by atoms with Crippen LogP contribution in [0, 0.1) is 0 Å². The highest BCUT2D eigenvalue weighted by Gasteiger charge is 2.08. The first kappa shape index (κ1) is 5.61. The largest absolute Gasteiger partial charge is 0.492 e. The Labute approximate surface area is 50.5 Å². The summed E-state index contributed by atoms with van der Waals surface area (Å²) < 4.78 is 0.190. The van der Waals surface area contributed by atoms with Gasteiger partial charge in [0.05, 0.1) is 0 Å². The summed E-state index contributed by atoms with van der Waals surface area (Å²) in [4.78, 5) is 0. The third-order valence-electron chi connectivity index (χ3n) is 0.960. The summed E-state index contributed by atoms with van der Waals surface area (Å²) >= 11 is 0. The quantitative estimate of drug-likeness (QED) is 0.363. The van der Waals surface area contributed by atoms with E-state index in [1.54, 1.807) is 0 Å². The Morgan fingerprint density at radius 3 is 2.11 bits per heavy atom. The normalized spacial score (nSPS) is 9.78. The van der Waals surface area contributed by atoms with Gasteiger partial charge in [-0.2, -0.15) is 0 Å². The minimum absolute atomic E-state index is 0.0602. The molecule has 5 N–H and O–H groups in total. The monoisotopic (exact) mass is 130 g/mol. The number of nitrogens with two attached hydrogens (primary N) is 1. The maximum Gasteiger partial charge on any atom is 0.252 e. The van der Waals surface area contributed by atoms with Crippen LogP contribution < -0.4 is 5.73 Å². The van der Waals surface area contributed by atoms with Crippen molar-refractivity contribution in [3.8, 4) is 11.8 Å². The van der Waals surface area contributed by atoms with Crippen molar-refractivity contribution in [3.05, 3.63) is 6.07 Å². The number of anilines is 1. The molecule has 0 atom stereocenters. The van der Waals surface area contributed by atoms with Crippen LogP contribution in [0.25, 0.3) is 0 Å². The van der Waals surface area contributed by atoms with Crippen LogP contribution in [0.2, 0.25) is 0 Å². The second-order valence-corrected chi connectivity index (χ2v) is 1.59. The Balaban J connectivity index is 3.29. The fraction of sp³-hybridized carbons (Fsp3) is 0. The second-order valence-electron chi connectivity index (χ2n) is 1.59. The lowest BCUT2D eigenvalue weighted by Gasteiger charge is -1.92. The van der Waals surface area contributed by atoms with Crippen molar-refractivity contribution in [2.75, 3.05) is 5.73 Å². The number of nitrogens with zero attached hydrogens (tertiary/aromatic N) is 1. The summed E-state index contributed by atoms with van der Waals surface area (Å²) in [6.45, 7) is 0. The molecule has 0 amide bonds. The summed E-state index contributed by atoms with van der Waals surface area (Å²) in [5, 5.41) is 25.8. The van der Waals surface area contributed by atoms with E-state index in [-0.39, 0.29) is 10.4 Å². The van der Waals surface area contributed by atoms with Crippen LogP contribution >= 0.6 is 0 Å². The molecule has 0 radical (unpaired) electrons. The molecule has 0 saturated carbocycles. The van der Waals surface area contributed by atoms with Crippen LogP contribution in [0.5, 0.6) is 11.8 Å². The van der Waals surface area contributed by atoms with Gasteiger partial charge in [0.2, 0.25) is 5.88 Å². The maximum absolute atomic E-state index is 8.66. The highest BCUT2D eigenvalue weighted by atomic mass is 16.5. The fourth-order valence-corrected chi connectivity index (χ4v) is 0.496. The smallest absolute Gasteiger partial charge is 0.252 e. The molecule has 0 aromatic carbocycles. The van der Waals surface area contributed by atoms with Crippen molar-refractivity contribution in [3.63, 3.8) is 0 Å². The minimum atomic E-state index is -0.549. The molecular weight excluding hydrogens is 124 g/mol. The molecule has 0 aliphatic rings. The van der Waals surface area contributed by atoms with Gasteiger partial charge in [-0.15, -0.1) is 4.73 Å². The number of aromatic nitrogens is 1. The Morgan fingerprint density at radius 1 is 1.44 bits per heavy atom. The average Bonchev–Trinajstić information content (AvgIpc) is 1.98. The fourth-order valence-electron chi connectivity index (χ4n) is 0.496. The molecule has 0 unspecified atom stereocenters. The predicted octanol–water partition coefficient (Wildman–Crippen LogP) is -0.281. The molecule has 0 fully saturated rings. The summed E-state index contributed by atoms with van der Waals surface area (Å²) in [5.74, 6) is -1.03. The maximum atomic E-state index is 8.66. The van der Waals surface area contributed by atoms with Crippen LogP contribution in [-0.2, 0) is 0 Å². The van der Waals surface area contributed by atoms with Gasteiger partial charge in [0.25, 0.3) is 5.88 Å². The van der Waals surface area contributed by atoms with E-state index in [1.165, 1.54) is 0 Å². The minimum Gasteiger partial charge on any atom is -0.492 e. The van der Waals surface area contributed by atoms with E-state index >= 15 is 0 Å². The van der Waals surface area contributed by atoms with Crippen molar-refractivity contribution < 1.29 is 15.4 Å². The topological polar surface area (TPSA) is 91.6 Å². The zero-order valence-electron chi connectivity index (χ0n) is 4.44. The first-order valence-corrected chi connectivity index (χ1v) is 2.21. The van der Waals surface area contributed by atoms with Crippen LogP contribution in [0.1, 0.15) is 0 Å². The summed E-state index contributed by atoms with van der Waals surface area (Å²) in [6.07, 6.45) is 0. The molecule has 1 heterocycles. The Hall–Kier alpha value is -1.52. The highest BCUT2D eigenvalue weighted by molar-refractivity contribution is 5.52. The number of hydrogen-bond donors (Lipinski definition) is 4. The van der Waals surface area contributed by atoms with E-state index in [1.807, 2.05) is 0 Å². The summed E-state index contributed by atoms with van der Waals surface area (Å²) in [7, 11) is 0. The van der Waals surface area contributed by atoms with Crippen LogP contribution in [-0.4, -0.2) is 20.2 Å². The molecule has 1 rings (SSSR count). The summed E-state index contributed by atoms with van der Waals surface area (Å²) in [5.41, 5.74) is 4.99. The van der Waals surface area contributed by atoms with E-state index < -0.39 is 11.8 Å². The number of aromatic hydroxyl groups is 2. The van der Waals surface area contributed by atoms with Gasteiger partial charge in [0.1, 0.15) is 5.69 Å². The Kier molecular flexibility index (Phi) is 0.921. The number of nitrogen functional groups attached to an aromatic ring is 1. The van der Waals surface area contributed by atoms with Crippen LogP contribution in [0.4, 0.5) is 5.69 Å². The Bertz CT molecular complexity index is 207. The van der Waals surface area contributed by atoms with E-state index in [4.69, 9.17) is 21.2 Å². The molecule has 0 aliphatic heterocycles. The van der Waals surface area contributed by atoms with Gasteiger partial charge in [0.15, 0.2) is 0 Å². The van der Waals surface area contributed by atoms with Gasteiger partial charge >= 0.3 is 0 Å². The first-order valence-electron chi connectivity index (χ1n) is 2.21. The molecule has 1 aromatic heterocycles. The lowest BCUT2D eigenvalue weighted by molar-refractivity contribution is 0.131. The molecule has 0 saturated heterocycles. The summed E-state index contributed by atoms with van der Waals surface area (Å²) in [6, 6.07) is 1.04. The van der Waals surface area contributed by atoms with Gasteiger partial charge in [0, 0.05) is 6.07 Å². The third-order valence-corrected chi connectivity index (χ3v) is 0.960. The Morgan fingerprint density at radius 2 is 2.00 bits per heavy atom. The standard InChI is InChI=1S/C4H6N2O3/c5-2-1-3(7)6(9)4(2)8/h1,7-9H,5H2. The van der Waals surface area contributed by atoms with E-state index in [0.29, 0.717) is 0 Å². The number of hydrogen-bond acceptors (Lipinski definition) is 4. The van der Waals surface area contributed by atoms with Crippen molar-refractivity contribution in [1.82, 2.24) is 4.73 Å². The zero-order valence-corrected chi connectivity index (χ0v) is 4.44. The molecule has 0 spiro atoms. The van der Waals surface area contributed by atoms with E-state index in [2.05, 4.69) is 0 Å². The molecule has 1 aromatic rings. The molecule has 5 nitrogen and oxygen atoms in total. The first-order chi connectivity index (χ1) is 4.13. The molecule has 0 aliphatic carbocycles. The van der Waals surface area contributed by atoms with Crippen LogP contribution in [0.15, 0.2) is 6.07 Å². The second kappa shape index (κ2) is 1.48. The molecule has 5 heteroatoms. The molecule has 9 heavy (non-hydrogen) atoms. The molecule has 0 bridgehead atoms. The third kappa shape index (κ3) is 0.620. The van der Waals surface area contributed by atoms with E-state index in [0.717, 1.165) is 6.07 Å². The van der Waals surface area contributed by atoms with Crippen molar-refractivity contribution in [2.24, 2.45) is 0 Å². The van der Waals surface area contributed by atoms with Gasteiger partial charge in [-0.1, -0.05) is 0 Å². The highest BCUT2D eigenvalue weighted by Crippen LogP contribution is 2.26. The van der Waals surface area contributed by atoms with Crippen molar-refractivity contribution in [2.45, 2.75) is 0 Å². The molecule has 50 valence electrons. The van der Waals surface area contributed by atoms with Gasteiger partial charge < -0.3 is 21.2 Å². The number of rotatable bonds is 0. The lowest BCUT2D eigenvalue weighted by Crippen LogP contribution is -1.87. The average molecular weight is 130 g/mol. The van der Waals surface area contributed by atoms with Crippen molar-refractivity contribution >= 4 is 5.69 Å². The van der Waals surface area contributed by atoms with Crippen LogP contribution in [0.3, 0.4) is 0 Å². The SMILES string of the molecule is Nc1cc(O)n(O)c1O. The van der Waals surface area contributed by atoms with Gasteiger partial charge in [-0.3, -0.25) is 0 Å². The lowest BCUT2D eigenvalue weighted by atomic mass is 10.5. The van der Waals surface area contributed by atoms with Gasteiger partial charge in [-0.25, -0.2) is 0 Å².